The van der Waals surface area contributed by atoms with Crippen molar-refractivity contribution in [3.05, 3.63) is 95.7 Å². The first kappa shape index (κ1) is 14.8. The maximum absolute atomic E-state index is 13.5. The third-order valence-corrected chi connectivity index (χ3v) is 5.11. The van der Waals surface area contributed by atoms with Crippen molar-refractivity contribution in [3.63, 3.8) is 0 Å². The molecule has 2 atom stereocenters. The van der Waals surface area contributed by atoms with Crippen molar-refractivity contribution >= 4 is 11.5 Å². The molecule has 0 bridgehead atoms. The summed E-state index contributed by atoms with van der Waals surface area (Å²) < 4.78 is 0. The van der Waals surface area contributed by atoms with Gasteiger partial charge in [-0.3, -0.25) is 9.79 Å². The number of carbonyl (C=O) groups is 1. The highest BCUT2D eigenvalue weighted by Gasteiger charge is 2.55. The molecule has 2 aromatic rings. The number of allylic oxidation sites excluding steroid dienone is 3. The van der Waals surface area contributed by atoms with E-state index in [2.05, 4.69) is 24.8 Å². The van der Waals surface area contributed by atoms with Crippen molar-refractivity contribution < 1.29 is 4.79 Å². The normalized spacial score (nSPS) is 24.7. The minimum absolute atomic E-state index is 0.0240. The Hall–Kier alpha value is -2.74. The van der Waals surface area contributed by atoms with Crippen molar-refractivity contribution in [3.8, 4) is 0 Å². The Bertz CT molecular complexity index is 891. The maximum Gasteiger partial charge on any atom is 0.176 e. The quantitative estimate of drug-likeness (QED) is 0.738. The van der Waals surface area contributed by atoms with E-state index in [1.807, 2.05) is 55.5 Å². The van der Waals surface area contributed by atoms with Gasteiger partial charge in [-0.1, -0.05) is 66.7 Å². The molecule has 0 aromatic heterocycles. The number of fused-ring (bicyclic) bond motifs is 3. The molecule has 1 heterocycles. The van der Waals surface area contributed by atoms with Crippen LogP contribution in [-0.2, 0) is 0 Å². The number of rotatable bonds is 3. The molecular formula is C22H19NO. The summed E-state index contributed by atoms with van der Waals surface area (Å²) in [6, 6.07) is 18.1. The van der Waals surface area contributed by atoms with E-state index < -0.39 is 5.41 Å². The van der Waals surface area contributed by atoms with Gasteiger partial charge in [-0.25, -0.2) is 0 Å². The Labute approximate surface area is 142 Å². The second-order valence-electron chi connectivity index (χ2n) is 6.50. The van der Waals surface area contributed by atoms with Crippen molar-refractivity contribution in [2.75, 3.05) is 0 Å². The van der Waals surface area contributed by atoms with E-state index in [1.54, 1.807) is 0 Å². The monoisotopic (exact) mass is 313 g/mol. The molecule has 2 unspecified atom stereocenters. The minimum atomic E-state index is -0.674. The van der Waals surface area contributed by atoms with Crippen LogP contribution in [0.25, 0.3) is 0 Å². The second-order valence-corrected chi connectivity index (χ2v) is 6.50. The number of hydrogen-bond donors (Lipinski definition) is 0. The zero-order valence-corrected chi connectivity index (χ0v) is 13.7. The number of carbonyl (C=O) groups excluding carboxylic acids is 1. The van der Waals surface area contributed by atoms with Crippen LogP contribution in [-0.4, -0.2) is 11.5 Å². The number of hydrogen-bond acceptors (Lipinski definition) is 2. The Morgan fingerprint density at radius 1 is 1.08 bits per heavy atom. The van der Waals surface area contributed by atoms with Gasteiger partial charge in [0.2, 0.25) is 0 Å². The number of aliphatic imine (C=N–C) groups is 1. The van der Waals surface area contributed by atoms with E-state index in [0.29, 0.717) is 6.42 Å². The lowest BCUT2D eigenvalue weighted by molar-refractivity contribution is 0.0869. The van der Waals surface area contributed by atoms with Gasteiger partial charge in [0, 0.05) is 22.7 Å². The lowest BCUT2D eigenvalue weighted by Crippen LogP contribution is -2.41. The molecule has 0 saturated heterocycles. The average Bonchev–Trinajstić information content (AvgIpc) is 2.86. The molecule has 2 aromatic carbocycles. The van der Waals surface area contributed by atoms with Crippen LogP contribution in [0.15, 0.2) is 84.0 Å². The van der Waals surface area contributed by atoms with E-state index in [0.717, 1.165) is 28.1 Å². The van der Waals surface area contributed by atoms with Crippen LogP contribution in [0.2, 0.25) is 0 Å². The van der Waals surface area contributed by atoms with Crippen molar-refractivity contribution in [1.29, 1.82) is 0 Å². The average molecular weight is 313 g/mol. The van der Waals surface area contributed by atoms with Crippen molar-refractivity contribution in [1.82, 2.24) is 0 Å². The molecule has 4 rings (SSSR count). The largest absolute Gasteiger partial charge is 0.293 e. The Morgan fingerprint density at radius 2 is 1.75 bits per heavy atom. The lowest BCUT2D eigenvalue weighted by atomic mass is 9.64. The number of benzene rings is 2. The molecule has 0 fully saturated rings. The Kier molecular flexibility index (Phi) is 3.34. The fourth-order valence-corrected chi connectivity index (χ4v) is 4.11. The van der Waals surface area contributed by atoms with E-state index in [9.17, 15) is 4.79 Å². The smallest absolute Gasteiger partial charge is 0.176 e. The molecule has 0 radical (unpaired) electrons. The molecule has 0 amide bonds. The molecule has 2 aliphatic rings. The molecule has 0 spiro atoms. The zero-order valence-electron chi connectivity index (χ0n) is 13.7. The SMILES string of the molecule is C=CCC12C(=O)c3ccccc3C1=NC(C)=CC2c1ccccc1. The zero-order chi connectivity index (χ0) is 16.7. The van der Waals surface area contributed by atoms with Crippen LogP contribution in [0.1, 0.15) is 40.7 Å². The van der Waals surface area contributed by atoms with Crippen LogP contribution >= 0.6 is 0 Å². The second kappa shape index (κ2) is 5.41. The molecule has 24 heavy (non-hydrogen) atoms. The number of ketones is 1. The predicted octanol–water partition coefficient (Wildman–Crippen LogP) is 4.94. The van der Waals surface area contributed by atoms with Gasteiger partial charge in [-0.2, -0.15) is 0 Å². The topological polar surface area (TPSA) is 29.4 Å². The summed E-state index contributed by atoms with van der Waals surface area (Å²) in [5, 5.41) is 0. The summed E-state index contributed by atoms with van der Waals surface area (Å²) in [6.07, 6.45) is 4.57. The highest BCUT2D eigenvalue weighted by Crippen LogP contribution is 2.53. The van der Waals surface area contributed by atoms with Crippen LogP contribution in [0.3, 0.4) is 0 Å². The fourth-order valence-electron chi connectivity index (χ4n) is 4.11. The van der Waals surface area contributed by atoms with Crippen molar-refractivity contribution in [2.24, 2.45) is 10.4 Å². The first-order valence-corrected chi connectivity index (χ1v) is 8.26. The summed E-state index contributed by atoms with van der Waals surface area (Å²) in [5.41, 5.74) is 4.08. The summed E-state index contributed by atoms with van der Waals surface area (Å²) in [7, 11) is 0. The van der Waals surface area contributed by atoms with E-state index in [4.69, 9.17) is 4.99 Å². The molecule has 2 nitrogen and oxygen atoms in total. The van der Waals surface area contributed by atoms with E-state index in [-0.39, 0.29) is 11.7 Å². The highest BCUT2D eigenvalue weighted by atomic mass is 16.1. The van der Waals surface area contributed by atoms with Gasteiger partial charge in [0.15, 0.2) is 5.78 Å². The van der Waals surface area contributed by atoms with Gasteiger partial charge in [0.1, 0.15) is 0 Å². The first-order chi connectivity index (χ1) is 11.7. The van der Waals surface area contributed by atoms with Gasteiger partial charge in [-0.15, -0.1) is 6.58 Å². The summed E-state index contributed by atoms with van der Waals surface area (Å²) >= 11 is 0. The fraction of sp³-hybridized carbons (Fsp3) is 0.182. The van der Waals surface area contributed by atoms with Gasteiger partial charge >= 0.3 is 0 Å². The predicted molar refractivity (Wildman–Crippen MR) is 97.5 cm³/mol. The molecule has 1 aliphatic heterocycles. The molecule has 118 valence electrons. The summed E-state index contributed by atoms with van der Waals surface area (Å²) in [4.78, 5) is 18.3. The van der Waals surface area contributed by atoms with Gasteiger partial charge in [-0.05, 0) is 18.9 Å². The van der Waals surface area contributed by atoms with Gasteiger partial charge < -0.3 is 0 Å². The number of nitrogens with zero attached hydrogens (tertiary/aromatic N) is 1. The molecule has 0 N–H and O–H groups in total. The summed E-state index contributed by atoms with van der Waals surface area (Å²) in [6.45, 7) is 5.93. The molecule has 0 saturated carbocycles. The van der Waals surface area contributed by atoms with E-state index in [1.165, 1.54) is 0 Å². The van der Waals surface area contributed by atoms with Crippen LogP contribution in [0.5, 0.6) is 0 Å². The third-order valence-electron chi connectivity index (χ3n) is 5.11. The molecular weight excluding hydrogens is 294 g/mol. The Balaban J connectivity index is 2.01. The van der Waals surface area contributed by atoms with Crippen LogP contribution in [0, 0.1) is 5.41 Å². The van der Waals surface area contributed by atoms with Crippen molar-refractivity contribution in [2.45, 2.75) is 19.3 Å². The van der Waals surface area contributed by atoms with E-state index >= 15 is 0 Å². The van der Waals surface area contributed by atoms with Gasteiger partial charge in [0.25, 0.3) is 0 Å². The first-order valence-electron chi connectivity index (χ1n) is 8.26. The maximum atomic E-state index is 13.5. The molecule has 2 heteroatoms. The van der Waals surface area contributed by atoms with Gasteiger partial charge in [0.05, 0.1) is 11.1 Å². The summed E-state index contributed by atoms with van der Waals surface area (Å²) in [5.74, 6) is 0.137. The lowest BCUT2D eigenvalue weighted by Gasteiger charge is -2.37. The minimum Gasteiger partial charge on any atom is -0.293 e. The highest BCUT2D eigenvalue weighted by molar-refractivity contribution is 6.32. The van der Waals surface area contributed by atoms with Crippen LogP contribution in [0.4, 0.5) is 0 Å². The Morgan fingerprint density at radius 3 is 2.46 bits per heavy atom. The standard InChI is InChI=1S/C22H19NO/c1-3-13-22-19(16-9-5-4-6-10-16)14-15(2)23-20(22)17-11-7-8-12-18(17)21(22)24/h3-12,14,19H,1,13H2,2H3. The number of Topliss-reactive ketones (excluding diaryl/α,β-unsaturated/α-hetero) is 1. The molecule has 1 aliphatic carbocycles. The third kappa shape index (κ3) is 1.89. The van der Waals surface area contributed by atoms with Crippen LogP contribution < -0.4 is 0 Å².